The summed E-state index contributed by atoms with van der Waals surface area (Å²) in [5.74, 6) is -1.38. The Hall–Kier alpha value is -2.93. The first-order chi connectivity index (χ1) is 12.4. The van der Waals surface area contributed by atoms with E-state index in [2.05, 4.69) is 10.3 Å². The Bertz CT molecular complexity index is 791. The fourth-order valence-corrected chi connectivity index (χ4v) is 2.31. The third-order valence-electron chi connectivity index (χ3n) is 3.92. The summed E-state index contributed by atoms with van der Waals surface area (Å²) in [6, 6.07) is 7.11. The van der Waals surface area contributed by atoms with E-state index in [1.165, 1.54) is 18.3 Å². The summed E-state index contributed by atoms with van der Waals surface area (Å²) >= 11 is 0. The van der Waals surface area contributed by atoms with Crippen LogP contribution in [0.2, 0.25) is 0 Å². The molecule has 1 amide bonds. The van der Waals surface area contributed by atoms with Crippen LogP contribution in [0.15, 0.2) is 36.5 Å². The third-order valence-corrected chi connectivity index (χ3v) is 3.92. The lowest BCUT2D eigenvalue weighted by Crippen LogP contribution is -2.33. The number of aryl methyl sites for hydroxylation is 2. The molecule has 1 aromatic carbocycles. The molecule has 0 aliphatic carbocycles. The predicted octanol–water partition coefficient (Wildman–Crippen LogP) is 2.28. The molecule has 0 radical (unpaired) electrons. The largest absolute Gasteiger partial charge is 0.479 e. The number of hydrogen-bond acceptors (Lipinski definition) is 5. The normalized spacial score (nSPS) is 11.7. The SMILES string of the molecule is COCCOc1cc(C(=O)NC(C(=O)O)c2ccc(C)c(C)c2)ccn1. The number of aromatic nitrogens is 1. The van der Waals surface area contributed by atoms with Crippen molar-refractivity contribution in [1.82, 2.24) is 10.3 Å². The van der Waals surface area contributed by atoms with Gasteiger partial charge in [-0.25, -0.2) is 9.78 Å². The zero-order chi connectivity index (χ0) is 19.1. The first-order valence-corrected chi connectivity index (χ1v) is 8.11. The van der Waals surface area contributed by atoms with Gasteiger partial charge in [-0.05, 0) is 36.6 Å². The molecule has 0 fully saturated rings. The van der Waals surface area contributed by atoms with Gasteiger partial charge in [-0.1, -0.05) is 18.2 Å². The maximum atomic E-state index is 12.5. The molecule has 7 nitrogen and oxygen atoms in total. The highest BCUT2D eigenvalue weighted by Crippen LogP contribution is 2.19. The van der Waals surface area contributed by atoms with Gasteiger partial charge in [0.1, 0.15) is 6.61 Å². The molecule has 0 aliphatic heterocycles. The van der Waals surface area contributed by atoms with Crippen molar-refractivity contribution in [1.29, 1.82) is 0 Å². The number of benzene rings is 1. The Morgan fingerprint density at radius 1 is 1.15 bits per heavy atom. The number of aliphatic carboxylic acids is 1. The van der Waals surface area contributed by atoms with Gasteiger partial charge in [0.05, 0.1) is 6.61 Å². The molecule has 7 heteroatoms. The van der Waals surface area contributed by atoms with E-state index in [0.717, 1.165) is 11.1 Å². The number of hydrogen-bond donors (Lipinski definition) is 2. The highest BCUT2D eigenvalue weighted by molar-refractivity contribution is 5.97. The highest BCUT2D eigenvalue weighted by Gasteiger charge is 2.23. The van der Waals surface area contributed by atoms with Crippen LogP contribution >= 0.6 is 0 Å². The number of nitrogens with zero attached hydrogens (tertiary/aromatic N) is 1. The summed E-state index contributed by atoms with van der Waals surface area (Å²) in [7, 11) is 1.56. The third kappa shape index (κ3) is 5.03. The number of pyridine rings is 1. The molecule has 1 unspecified atom stereocenters. The second-order valence-electron chi connectivity index (χ2n) is 5.81. The van der Waals surface area contributed by atoms with Gasteiger partial charge >= 0.3 is 5.97 Å². The number of nitrogens with one attached hydrogen (secondary N) is 1. The van der Waals surface area contributed by atoms with Crippen LogP contribution in [0, 0.1) is 13.8 Å². The van der Waals surface area contributed by atoms with E-state index in [4.69, 9.17) is 9.47 Å². The minimum atomic E-state index is -1.15. The predicted molar refractivity (Wildman–Crippen MR) is 95.4 cm³/mol. The Balaban J connectivity index is 2.16. The van der Waals surface area contributed by atoms with Crippen molar-refractivity contribution in [2.75, 3.05) is 20.3 Å². The van der Waals surface area contributed by atoms with Crippen LogP contribution in [0.1, 0.15) is 33.1 Å². The summed E-state index contributed by atoms with van der Waals surface area (Å²) in [6.45, 7) is 4.53. The fourth-order valence-electron chi connectivity index (χ4n) is 2.31. The number of carboxylic acids is 1. The van der Waals surface area contributed by atoms with Crippen LogP contribution in [0.5, 0.6) is 5.88 Å². The standard InChI is InChI=1S/C19H22N2O5/c1-12-4-5-14(10-13(12)2)17(19(23)24)21-18(22)15-6-7-20-16(11-15)26-9-8-25-3/h4-7,10-11,17H,8-9H2,1-3H3,(H,21,22)(H,23,24). The van der Waals surface area contributed by atoms with E-state index in [9.17, 15) is 14.7 Å². The van der Waals surface area contributed by atoms with E-state index >= 15 is 0 Å². The van der Waals surface area contributed by atoms with Gasteiger partial charge in [-0.15, -0.1) is 0 Å². The molecule has 0 bridgehead atoms. The minimum Gasteiger partial charge on any atom is -0.479 e. The number of carboxylic acid groups (broad SMARTS) is 1. The van der Waals surface area contributed by atoms with E-state index in [1.54, 1.807) is 19.2 Å². The molecule has 26 heavy (non-hydrogen) atoms. The lowest BCUT2D eigenvalue weighted by Gasteiger charge is -2.16. The van der Waals surface area contributed by atoms with E-state index in [1.807, 2.05) is 19.9 Å². The van der Waals surface area contributed by atoms with Gasteiger partial charge in [0, 0.05) is 24.9 Å². The number of carbonyl (C=O) groups excluding carboxylic acids is 1. The second-order valence-corrected chi connectivity index (χ2v) is 5.81. The van der Waals surface area contributed by atoms with Crippen LogP contribution in [0.4, 0.5) is 0 Å². The van der Waals surface area contributed by atoms with E-state index in [-0.39, 0.29) is 11.4 Å². The summed E-state index contributed by atoms with van der Waals surface area (Å²) in [6.07, 6.45) is 1.43. The number of rotatable bonds is 8. The summed E-state index contributed by atoms with van der Waals surface area (Å²) in [4.78, 5) is 28.1. The molecule has 1 aromatic heterocycles. The van der Waals surface area contributed by atoms with E-state index < -0.39 is 17.9 Å². The molecule has 2 aromatic rings. The van der Waals surface area contributed by atoms with Crippen molar-refractivity contribution < 1.29 is 24.2 Å². The minimum absolute atomic E-state index is 0.266. The monoisotopic (exact) mass is 358 g/mol. The topological polar surface area (TPSA) is 97.8 Å². The molecule has 0 saturated carbocycles. The van der Waals surface area contributed by atoms with Crippen molar-refractivity contribution >= 4 is 11.9 Å². The molecule has 0 aliphatic rings. The van der Waals surface area contributed by atoms with Gasteiger partial charge < -0.3 is 19.9 Å². The molecule has 1 heterocycles. The van der Waals surface area contributed by atoms with Crippen molar-refractivity contribution in [3.8, 4) is 5.88 Å². The van der Waals surface area contributed by atoms with Gasteiger partial charge in [-0.2, -0.15) is 0 Å². The van der Waals surface area contributed by atoms with Gasteiger partial charge in [-0.3, -0.25) is 4.79 Å². The van der Waals surface area contributed by atoms with Gasteiger partial charge in [0.2, 0.25) is 5.88 Å². The van der Waals surface area contributed by atoms with Crippen LogP contribution in [-0.4, -0.2) is 42.3 Å². The Morgan fingerprint density at radius 3 is 2.58 bits per heavy atom. The Labute approximate surface area is 152 Å². The van der Waals surface area contributed by atoms with E-state index in [0.29, 0.717) is 18.8 Å². The molecule has 138 valence electrons. The van der Waals surface area contributed by atoms with Crippen molar-refractivity contribution in [2.24, 2.45) is 0 Å². The average Bonchev–Trinajstić information content (AvgIpc) is 2.62. The maximum Gasteiger partial charge on any atom is 0.330 e. The number of methoxy groups -OCH3 is 1. The van der Waals surface area contributed by atoms with Crippen LogP contribution < -0.4 is 10.1 Å². The first-order valence-electron chi connectivity index (χ1n) is 8.11. The number of carbonyl (C=O) groups is 2. The molecule has 2 rings (SSSR count). The fraction of sp³-hybridized carbons (Fsp3) is 0.316. The van der Waals surface area contributed by atoms with Crippen LogP contribution in [0.25, 0.3) is 0 Å². The highest BCUT2D eigenvalue weighted by atomic mass is 16.5. The smallest absolute Gasteiger partial charge is 0.330 e. The second kappa shape index (κ2) is 8.96. The average molecular weight is 358 g/mol. The van der Waals surface area contributed by atoms with Gasteiger partial charge in [0.15, 0.2) is 6.04 Å². The summed E-state index contributed by atoms with van der Waals surface area (Å²) < 4.78 is 10.3. The van der Waals surface area contributed by atoms with Crippen LogP contribution in [-0.2, 0) is 9.53 Å². The lowest BCUT2D eigenvalue weighted by molar-refractivity contribution is -0.139. The zero-order valence-corrected chi connectivity index (χ0v) is 15.0. The number of amides is 1. The van der Waals surface area contributed by atoms with Crippen molar-refractivity contribution in [3.63, 3.8) is 0 Å². The lowest BCUT2D eigenvalue weighted by atomic mass is 10.0. The number of ether oxygens (including phenoxy) is 2. The summed E-state index contributed by atoms with van der Waals surface area (Å²) in [5.41, 5.74) is 2.79. The quantitative estimate of drug-likeness (QED) is 0.703. The Morgan fingerprint density at radius 2 is 1.92 bits per heavy atom. The van der Waals surface area contributed by atoms with Crippen molar-refractivity contribution in [2.45, 2.75) is 19.9 Å². The maximum absolute atomic E-state index is 12.5. The molecule has 0 saturated heterocycles. The molecule has 1 atom stereocenters. The molecular weight excluding hydrogens is 336 g/mol. The molecule has 2 N–H and O–H groups in total. The van der Waals surface area contributed by atoms with Crippen molar-refractivity contribution in [3.05, 3.63) is 58.8 Å². The summed E-state index contributed by atoms with van der Waals surface area (Å²) in [5, 5.41) is 12.1. The molecular formula is C19H22N2O5. The zero-order valence-electron chi connectivity index (χ0n) is 15.0. The first kappa shape index (κ1) is 19.4. The Kier molecular flexibility index (Phi) is 6.68. The van der Waals surface area contributed by atoms with Gasteiger partial charge in [0.25, 0.3) is 5.91 Å². The molecule has 0 spiro atoms. The van der Waals surface area contributed by atoms with Crippen LogP contribution in [0.3, 0.4) is 0 Å².